The van der Waals surface area contributed by atoms with E-state index in [9.17, 15) is 9.18 Å². The Balaban J connectivity index is 2.32. The number of hydrogen-bond acceptors (Lipinski definition) is 3. The van der Waals surface area contributed by atoms with Gasteiger partial charge in [0.05, 0.1) is 11.9 Å². The Hall–Kier alpha value is -2.01. The van der Waals surface area contributed by atoms with Gasteiger partial charge in [-0.1, -0.05) is 23.8 Å². The molecule has 1 aromatic carbocycles. The molecule has 0 radical (unpaired) electrons. The molecule has 0 saturated carbocycles. The molecule has 0 amide bonds. The van der Waals surface area contributed by atoms with Crippen LogP contribution in [0.3, 0.4) is 0 Å². The smallest absolute Gasteiger partial charge is 0.262 e. The predicted octanol–water partition coefficient (Wildman–Crippen LogP) is 4.02. The number of rotatable bonds is 3. The first-order chi connectivity index (χ1) is 10.5. The Labute approximate surface area is 132 Å². The summed E-state index contributed by atoms with van der Waals surface area (Å²) in [7, 11) is 0. The van der Waals surface area contributed by atoms with Crippen LogP contribution in [0.25, 0.3) is 21.3 Å². The van der Waals surface area contributed by atoms with Crippen LogP contribution >= 0.6 is 11.3 Å². The number of fused-ring (bicyclic) bond motifs is 1. The van der Waals surface area contributed by atoms with Crippen molar-refractivity contribution < 1.29 is 4.39 Å². The molecule has 3 aromatic rings. The lowest BCUT2D eigenvalue weighted by Gasteiger charge is -2.09. The van der Waals surface area contributed by atoms with E-state index in [4.69, 9.17) is 0 Å². The van der Waals surface area contributed by atoms with Crippen LogP contribution in [-0.4, -0.2) is 16.2 Å². The summed E-state index contributed by atoms with van der Waals surface area (Å²) in [5.74, 6) is 0.559. The lowest BCUT2D eigenvalue weighted by Crippen LogP contribution is -2.24. The van der Waals surface area contributed by atoms with Crippen LogP contribution in [0.15, 0.2) is 28.4 Å². The highest BCUT2D eigenvalue weighted by atomic mass is 32.1. The lowest BCUT2D eigenvalue weighted by atomic mass is 9.99. The van der Waals surface area contributed by atoms with Crippen LogP contribution in [0.4, 0.5) is 4.39 Å². The molecular formula is C17H17FN2OS. The van der Waals surface area contributed by atoms with Gasteiger partial charge in [0.2, 0.25) is 0 Å². The molecule has 3 nitrogen and oxygen atoms in total. The van der Waals surface area contributed by atoms with Gasteiger partial charge in [-0.25, -0.2) is 9.37 Å². The molecule has 0 atom stereocenters. The highest BCUT2D eigenvalue weighted by molar-refractivity contribution is 7.17. The zero-order chi connectivity index (χ0) is 15.9. The quantitative estimate of drug-likeness (QED) is 0.731. The summed E-state index contributed by atoms with van der Waals surface area (Å²) in [6.45, 7) is 5.30. The first-order valence-electron chi connectivity index (χ1n) is 7.15. The summed E-state index contributed by atoms with van der Waals surface area (Å²) < 4.78 is 14.1. The molecule has 5 heteroatoms. The van der Waals surface area contributed by atoms with E-state index < -0.39 is 6.67 Å². The van der Waals surface area contributed by atoms with Gasteiger partial charge in [0.1, 0.15) is 17.3 Å². The third-order valence-electron chi connectivity index (χ3n) is 3.86. The Kier molecular flexibility index (Phi) is 3.83. The Morgan fingerprint density at radius 2 is 2.00 bits per heavy atom. The summed E-state index contributed by atoms with van der Waals surface area (Å²) >= 11 is 1.46. The molecule has 0 bridgehead atoms. The zero-order valence-electron chi connectivity index (χ0n) is 12.8. The fraction of sp³-hybridized carbons (Fsp3) is 0.294. The second-order valence-corrected chi connectivity index (χ2v) is 6.31. The minimum atomic E-state index is -0.572. The van der Waals surface area contributed by atoms with E-state index in [1.165, 1.54) is 21.5 Å². The summed E-state index contributed by atoms with van der Waals surface area (Å²) in [6.07, 6.45) is 0. The molecule has 0 fully saturated rings. The van der Waals surface area contributed by atoms with Crippen molar-refractivity contribution in [2.45, 2.75) is 27.3 Å². The fourth-order valence-electron chi connectivity index (χ4n) is 2.79. The maximum absolute atomic E-state index is 12.7. The van der Waals surface area contributed by atoms with Crippen LogP contribution in [0.1, 0.15) is 17.0 Å². The average molecular weight is 316 g/mol. The van der Waals surface area contributed by atoms with E-state index in [0.717, 1.165) is 16.7 Å². The van der Waals surface area contributed by atoms with Gasteiger partial charge >= 0.3 is 0 Å². The van der Waals surface area contributed by atoms with Crippen molar-refractivity contribution in [2.75, 3.05) is 6.67 Å². The van der Waals surface area contributed by atoms with Crippen molar-refractivity contribution in [1.82, 2.24) is 9.55 Å². The number of aryl methyl sites for hydroxylation is 3. The van der Waals surface area contributed by atoms with E-state index in [1.54, 1.807) is 6.92 Å². The van der Waals surface area contributed by atoms with Crippen molar-refractivity contribution in [3.05, 3.63) is 50.9 Å². The van der Waals surface area contributed by atoms with E-state index in [-0.39, 0.29) is 12.1 Å². The summed E-state index contributed by atoms with van der Waals surface area (Å²) in [5.41, 5.74) is 4.08. The summed E-state index contributed by atoms with van der Waals surface area (Å²) in [4.78, 5) is 17.9. The van der Waals surface area contributed by atoms with Crippen molar-refractivity contribution in [3.8, 4) is 11.1 Å². The van der Waals surface area contributed by atoms with E-state index in [1.807, 2.05) is 31.4 Å². The molecule has 0 N–H and O–H groups in total. The maximum Gasteiger partial charge on any atom is 0.262 e. The van der Waals surface area contributed by atoms with Crippen LogP contribution < -0.4 is 5.56 Å². The molecule has 2 heterocycles. The van der Waals surface area contributed by atoms with E-state index in [0.29, 0.717) is 16.0 Å². The van der Waals surface area contributed by atoms with Gasteiger partial charge in [-0.2, -0.15) is 0 Å². The minimum Gasteiger partial charge on any atom is -0.294 e. The van der Waals surface area contributed by atoms with Crippen LogP contribution in [0, 0.1) is 20.8 Å². The second-order valence-electron chi connectivity index (χ2n) is 5.45. The SMILES string of the molecule is Cc1ccc(-c2csc3nc(C)n(CCF)c(=O)c23)c(C)c1. The molecule has 0 unspecified atom stereocenters. The topological polar surface area (TPSA) is 34.9 Å². The molecule has 3 rings (SSSR count). The number of halogens is 1. The van der Waals surface area contributed by atoms with E-state index in [2.05, 4.69) is 11.1 Å². The van der Waals surface area contributed by atoms with Crippen molar-refractivity contribution in [1.29, 1.82) is 0 Å². The van der Waals surface area contributed by atoms with Crippen LogP contribution in [-0.2, 0) is 6.54 Å². The first-order valence-corrected chi connectivity index (χ1v) is 8.03. The molecule has 0 aliphatic carbocycles. The highest BCUT2D eigenvalue weighted by Gasteiger charge is 2.16. The van der Waals surface area contributed by atoms with Gasteiger partial charge in [-0.3, -0.25) is 9.36 Å². The largest absolute Gasteiger partial charge is 0.294 e. The molecule has 114 valence electrons. The molecule has 2 aromatic heterocycles. The van der Waals surface area contributed by atoms with Gasteiger partial charge in [0, 0.05) is 10.9 Å². The highest BCUT2D eigenvalue weighted by Crippen LogP contribution is 2.33. The summed E-state index contributed by atoms with van der Waals surface area (Å²) in [5, 5.41) is 2.56. The van der Waals surface area contributed by atoms with Gasteiger partial charge in [0.15, 0.2) is 0 Å². The molecular weight excluding hydrogens is 299 g/mol. The lowest BCUT2D eigenvalue weighted by molar-refractivity contribution is 0.435. The monoisotopic (exact) mass is 316 g/mol. The van der Waals surface area contributed by atoms with Gasteiger partial charge in [-0.05, 0) is 31.9 Å². The third kappa shape index (κ3) is 2.35. The minimum absolute atomic E-state index is 0.0514. The fourth-order valence-corrected chi connectivity index (χ4v) is 3.76. The number of alkyl halides is 1. The number of nitrogens with zero attached hydrogens (tertiary/aromatic N) is 2. The van der Waals surface area contributed by atoms with Crippen molar-refractivity contribution in [2.24, 2.45) is 0 Å². The molecule has 0 aliphatic heterocycles. The Morgan fingerprint density at radius 1 is 1.23 bits per heavy atom. The summed E-state index contributed by atoms with van der Waals surface area (Å²) in [6, 6.07) is 6.17. The van der Waals surface area contributed by atoms with Crippen LogP contribution in [0.5, 0.6) is 0 Å². The van der Waals surface area contributed by atoms with Crippen LogP contribution in [0.2, 0.25) is 0 Å². The Bertz CT molecular complexity index is 911. The molecule has 22 heavy (non-hydrogen) atoms. The van der Waals surface area contributed by atoms with Crippen molar-refractivity contribution >= 4 is 21.6 Å². The van der Waals surface area contributed by atoms with E-state index >= 15 is 0 Å². The number of thiophene rings is 1. The number of benzene rings is 1. The first kappa shape index (κ1) is 14.9. The Morgan fingerprint density at radius 3 is 2.68 bits per heavy atom. The molecule has 0 saturated heterocycles. The number of hydrogen-bond donors (Lipinski definition) is 0. The average Bonchev–Trinajstić information content (AvgIpc) is 2.87. The third-order valence-corrected chi connectivity index (χ3v) is 4.74. The maximum atomic E-state index is 12.7. The zero-order valence-corrected chi connectivity index (χ0v) is 13.6. The van der Waals surface area contributed by atoms with Gasteiger partial charge in [-0.15, -0.1) is 11.3 Å². The predicted molar refractivity (Wildman–Crippen MR) is 89.5 cm³/mol. The number of aromatic nitrogens is 2. The van der Waals surface area contributed by atoms with Crippen molar-refractivity contribution in [3.63, 3.8) is 0 Å². The van der Waals surface area contributed by atoms with Gasteiger partial charge < -0.3 is 0 Å². The van der Waals surface area contributed by atoms with Gasteiger partial charge in [0.25, 0.3) is 5.56 Å². The molecule has 0 aliphatic rings. The molecule has 0 spiro atoms. The standard InChI is InChI=1S/C17H17FN2OS/c1-10-4-5-13(11(2)8-10)14-9-22-16-15(14)17(21)20(7-6-18)12(3)19-16/h4-5,8-9H,6-7H2,1-3H3. The normalized spacial score (nSPS) is 11.3. The second kappa shape index (κ2) is 5.65.